The summed E-state index contributed by atoms with van der Waals surface area (Å²) in [6, 6.07) is 0. The van der Waals surface area contributed by atoms with Crippen molar-refractivity contribution < 1.29 is 69.5 Å². The van der Waals surface area contributed by atoms with Crippen LogP contribution < -0.4 is 51.4 Å². The molecule has 0 heterocycles. The molecule has 4 nitrogen and oxygen atoms in total. The Balaban J connectivity index is 0. The number of aliphatic hydroxyl groups is 1. The molecule has 0 rings (SSSR count). The van der Waals surface area contributed by atoms with Gasteiger partial charge in [0.2, 0.25) is 0 Å². The molecule has 110 valence electrons. The van der Waals surface area contributed by atoms with E-state index < -0.39 is 21.5 Å². The standard InChI is InChI=1S/C13H28O4S.K/c1-3-5-6-7-8-9-13(18(15,16)17)11-10-12(14)4-2;/h12-14H,3-11H2,1-2H3,(H,15,16,17);/q;+1/p-1. The van der Waals surface area contributed by atoms with E-state index in [-0.39, 0.29) is 57.8 Å². The van der Waals surface area contributed by atoms with E-state index in [1.54, 1.807) is 0 Å². The Morgan fingerprint density at radius 1 is 1.00 bits per heavy atom. The molecule has 0 aromatic heterocycles. The molecule has 0 spiro atoms. The van der Waals surface area contributed by atoms with E-state index in [2.05, 4.69) is 6.92 Å². The fraction of sp³-hybridized carbons (Fsp3) is 1.00. The zero-order valence-electron chi connectivity index (χ0n) is 12.6. The molecule has 0 aliphatic rings. The van der Waals surface area contributed by atoms with E-state index >= 15 is 0 Å². The van der Waals surface area contributed by atoms with Crippen LogP contribution in [0.3, 0.4) is 0 Å². The molecule has 0 aromatic rings. The average Bonchev–Trinajstić information content (AvgIpc) is 2.30. The fourth-order valence-corrected chi connectivity index (χ4v) is 2.87. The van der Waals surface area contributed by atoms with Gasteiger partial charge in [0, 0.05) is 5.25 Å². The first-order valence-electron chi connectivity index (χ1n) is 7.04. The summed E-state index contributed by atoms with van der Waals surface area (Å²) in [4.78, 5) is 0. The van der Waals surface area contributed by atoms with Crippen molar-refractivity contribution >= 4 is 10.1 Å². The van der Waals surface area contributed by atoms with Gasteiger partial charge in [0.25, 0.3) is 0 Å². The maximum Gasteiger partial charge on any atom is 1.00 e. The first-order valence-corrected chi connectivity index (χ1v) is 8.51. The molecule has 0 bridgehead atoms. The second-order valence-electron chi connectivity index (χ2n) is 4.96. The fourth-order valence-electron chi connectivity index (χ4n) is 1.99. The van der Waals surface area contributed by atoms with Gasteiger partial charge in [-0.1, -0.05) is 46.0 Å². The van der Waals surface area contributed by atoms with Crippen LogP contribution in [0.25, 0.3) is 0 Å². The summed E-state index contributed by atoms with van der Waals surface area (Å²) in [5.41, 5.74) is 0. The number of hydrogen-bond donors (Lipinski definition) is 1. The van der Waals surface area contributed by atoms with Gasteiger partial charge < -0.3 is 9.66 Å². The maximum atomic E-state index is 11.1. The van der Waals surface area contributed by atoms with Gasteiger partial charge in [-0.3, -0.25) is 0 Å². The molecule has 19 heavy (non-hydrogen) atoms. The molecule has 0 saturated carbocycles. The van der Waals surface area contributed by atoms with Crippen LogP contribution in [0.5, 0.6) is 0 Å². The normalized spacial score (nSPS) is 14.7. The summed E-state index contributed by atoms with van der Waals surface area (Å²) in [5, 5.41) is 8.60. The van der Waals surface area contributed by atoms with Gasteiger partial charge in [0.1, 0.15) is 0 Å². The number of unbranched alkanes of at least 4 members (excludes halogenated alkanes) is 4. The van der Waals surface area contributed by atoms with Crippen LogP contribution in [0.2, 0.25) is 0 Å². The van der Waals surface area contributed by atoms with Crippen LogP contribution in [0.15, 0.2) is 0 Å². The van der Waals surface area contributed by atoms with Crippen molar-refractivity contribution in [2.45, 2.75) is 83.0 Å². The number of hydrogen-bond acceptors (Lipinski definition) is 4. The van der Waals surface area contributed by atoms with Crippen molar-refractivity contribution in [2.75, 3.05) is 0 Å². The number of rotatable bonds is 11. The predicted octanol–water partition coefficient (Wildman–Crippen LogP) is -0.184. The van der Waals surface area contributed by atoms with Crippen LogP contribution in [0, 0.1) is 0 Å². The molecule has 6 heteroatoms. The minimum Gasteiger partial charge on any atom is -0.748 e. The molecule has 1 N–H and O–H groups in total. The zero-order valence-corrected chi connectivity index (χ0v) is 16.5. The summed E-state index contributed by atoms with van der Waals surface area (Å²) >= 11 is 0. The Bertz CT molecular complexity index is 293. The third kappa shape index (κ3) is 12.9. The molecule has 2 unspecified atom stereocenters. The minimum atomic E-state index is -4.22. The molecule has 0 amide bonds. The van der Waals surface area contributed by atoms with Crippen molar-refractivity contribution in [1.82, 2.24) is 0 Å². The summed E-state index contributed by atoms with van der Waals surface area (Å²) in [7, 11) is -4.22. The van der Waals surface area contributed by atoms with Gasteiger partial charge in [-0.05, 0) is 25.7 Å². The molecule has 0 aliphatic heterocycles. The van der Waals surface area contributed by atoms with Crippen molar-refractivity contribution in [2.24, 2.45) is 0 Å². The predicted molar refractivity (Wildman–Crippen MR) is 72.4 cm³/mol. The summed E-state index contributed by atoms with van der Waals surface area (Å²) in [6.45, 7) is 3.97. The van der Waals surface area contributed by atoms with Crippen molar-refractivity contribution in [3.63, 3.8) is 0 Å². The maximum absolute atomic E-state index is 11.1. The Morgan fingerprint density at radius 2 is 1.58 bits per heavy atom. The van der Waals surface area contributed by atoms with E-state index in [1.165, 1.54) is 0 Å². The summed E-state index contributed by atoms with van der Waals surface area (Å²) in [5.74, 6) is 0. The molecule has 0 radical (unpaired) electrons. The molecular weight excluding hydrogens is 291 g/mol. The summed E-state index contributed by atoms with van der Waals surface area (Å²) in [6.07, 6.45) is 6.40. The first-order chi connectivity index (χ1) is 8.41. The Labute approximate surface area is 160 Å². The topological polar surface area (TPSA) is 77.4 Å². The number of aliphatic hydroxyl groups excluding tert-OH is 1. The van der Waals surface area contributed by atoms with Gasteiger partial charge in [0.15, 0.2) is 0 Å². The Kier molecular flexibility index (Phi) is 15.8. The van der Waals surface area contributed by atoms with E-state index in [1.807, 2.05) is 6.92 Å². The second-order valence-corrected chi connectivity index (χ2v) is 6.61. The monoisotopic (exact) mass is 318 g/mol. The molecule has 0 aliphatic carbocycles. The Hall–Kier alpha value is 1.51. The van der Waals surface area contributed by atoms with Crippen LogP contribution >= 0.6 is 0 Å². The largest absolute Gasteiger partial charge is 1.00 e. The van der Waals surface area contributed by atoms with Gasteiger partial charge in [-0.25, -0.2) is 8.42 Å². The summed E-state index contributed by atoms with van der Waals surface area (Å²) < 4.78 is 33.3. The van der Waals surface area contributed by atoms with Crippen molar-refractivity contribution in [1.29, 1.82) is 0 Å². The SMILES string of the molecule is CCCCCCCC(CCC(O)CC)S(=O)(=O)[O-].[K+]. The van der Waals surface area contributed by atoms with Gasteiger partial charge in [-0.15, -0.1) is 0 Å². The van der Waals surface area contributed by atoms with Crippen LogP contribution in [0.4, 0.5) is 0 Å². The second kappa shape index (κ2) is 13.2. The molecule has 0 fully saturated rings. The minimum absolute atomic E-state index is 0. The van der Waals surface area contributed by atoms with Crippen molar-refractivity contribution in [3.8, 4) is 0 Å². The van der Waals surface area contributed by atoms with Gasteiger partial charge in [0.05, 0.1) is 16.2 Å². The quantitative estimate of drug-likeness (QED) is 0.326. The molecule has 2 atom stereocenters. The third-order valence-electron chi connectivity index (χ3n) is 3.33. The van der Waals surface area contributed by atoms with E-state index in [0.717, 1.165) is 32.1 Å². The smallest absolute Gasteiger partial charge is 0.748 e. The first kappa shape index (κ1) is 22.8. The van der Waals surface area contributed by atoms with Crippen molar-refractivity contribution in [3.05, 3.63) is 0 Å². The molecular formula is C13H27KO4S. The molecule has 0 aromatic carbocycles. The van der Waals surface area contributed by atoms with Crippen LogP contribution in [-0.4, -0.2) is 29.4 Å². The molecule has 0 saturated heterocycles. The Morgan fingerprint density at radius 3 is 2.05 bits per heavy atom. The van der Waals surface area contributed by atoms with Crippen LogP contribution in [-0.2, 0) is 10.1 Å². The average molecular weight is 319 g/mol. The van der Waals surface area contributed by atoms with Gasteiger partial charge in [-0.2, -0.15) is 0 Å². The van der Waals surface area contributed by atoms with Gasteiger partial charge >= 0.3 is 51.4 Å². The van der Waals surface area contributed by atoms with E-state index in [0.29, 0.717) is 19.3 Å². The van der Waals surface area contributed by atoms with E-state index in [4.69, 9.17) is 0 Å². The third-order valence-corrected chi connectivity index (χ3v) is 4.62. The van der Waals surface area contributed by atoms with Crippen LogP contribution in [0.1, 0.15) is 71.6 Å². The zero-order chi connectivity index (χ0) is 14.0. The van der Waals surface area contributed by atoms with E-state index in [9.17, 15) is 18.1 Å².